The minimum atomic E-state index is -0.310. The van der Waals surface area contributed by atoms with E-state index in [4.69, 9.17) is 0 Å². The number of aliphatic hydroxyl groups is 1. The molecule has 2 heteroatoms. The number of hydrogen-bond acceptors (Lipinski definition) is 2. The van der Waals surface area contributed by atoms with Crippen molar-refractivity contribution in [2.75, 3.05) is 13.1 Å². The molecule has 2 fully saturated rings. The zero-order chi connectivity index (χ0) is 10.8. The maximum absolute atomic E-state index is 10.2. The largest absolute Gasteiger partial charge is 0.387 e. The molecule has 1 N–H and O–H groups in total. The van der Waals surface area contributed by atoms with Crippen LogP contribution in [0.2, 0.25) is 0 Å². The topological polar surface area (TPSA) is 23.5 Å². The Morgan fingerprint density at radius 2 is 1.87 bits per heavy atom. The molecule has 1 saturated heterocycles. The van der Waals surface area contributed by atoms with E-state index in [0.717, 1.165) is 11.5 Å². The molecule has 0 spiro atoms. The Hall–Kier alpha value is -0.340. The van der Waals surface area contributed by atoms with Crippen molar-refractivity contribution >= 4 is 0 Å². The van der Waals surface area contributed by atoms with Gasteiger partial charge in [0.25, 0.3) is 0 Å². The zero-order valence-corrected chi connectivity index (χ0v) is 9.78. The summed E-state index contributed by atoms with van der Waals surface area (Å²) in [6.45, 7) is 8.20. The number of hydrogen-bond donors (Lipinski definition) is 1. The first-order valence-corrected chi connectivity index (χ1v) is 6.27. The van der Waals surface area contributed by atoms with Crippen molar-refractivity contribution in [1.29, 1.82) is 0 Å². The summed E-state index contributed by atoms with van der Waals surface area (Å²) in [7, 11) is 0. The van der Waals surface area contributed by atoms with Gasteiger partial charge in [-0.1, -0.05) is 18.6 Å². The third kappa shape index (κ3) is 2.61. The van der Waals surface area contributed by atoms with Gasteiger partial charge in [-0.15, -0.1) is 0 Å². The van der Waals surface area contributed by atoms with Crippen molar-refractivity contribution in [2.24, 2.45) is 5.92 Å². The van der Waals surface area contributed by atoms with Gasteiger partial charge in [0.15, 0.2) is 0 Å². The second-order valence-corrected chi connectivity index (χ2v) is 5.22. The van der Waals surface area contributed by atoms with E-state index in [1.807, 2.05) is 6.92 Å². The molecule has 2 atom stereocenters. The molecule has 0 bridgehead atoms. The Labute approximate surface area is 93.0 Å². The third-order valence-electron chi connectivity index (χ3n) is 3.75. The van der Waals surface area contributed by atoms with Gasteiger partial charge in [-0.2, -0.15) is 0 Å². The van der Waals surface area contributed by atoms with E-state index in [2.05, 4.69) is 11.5 Å². The van der Waals surface area contributed by atoms with Crippen LogP contribution in [0.1, 0.15) is 39.0 Å². The molecule has 0 radical (unpaired) electrons. The second kappa shape index (κ2) is 4.67. The average molecular weight is 209 g/mol. The Morgan fingerprint density at radius 3 is 2.33 bits per heavy atom. The second-order valence-electron chi connectivity index (χ2n) is 5.22. The number of piperidine rings is 1. The van der Waals surface area contributed by atoms with Gasteiger partial charge in [0.2, 0.25) is 0 Å². The fraction of sp³-hybridized carbons (Fsp3) is 0.846. The van der Waals surface area contributed by atoms with Crippen LogP contribution in [0.4, 0.5) is 0 Å². The fourth-order valence-electron chi connectivity index (χ4n) is 2.70. The van der Waals surface area contributed by atoms with Gasteiger partial charge in [-0.3, -0.25) is 4.90 Å². The van der Waals surface area contributed by atoms with Gasteiger partial charge in [-0.25, -0.2) is 0 Å². The van der Waals surface area contributed by atoms with Crippen molar-refractivity contribution in [2.45, 2.75) is 51.2 Å². The van der Waals surface area contributed by atoms with Crippen LogP contribution in [-0.2, 0) is 0 Å². The average Bonchev–Trinajstić information content (AvgIpc) is 3.04. The van der Waals surface area contributed by atoms with Crippen LogP contribution in [0.3, 0.4) is 0 Å². The molecule has 1 aliphatic carbocycles. The minimum Gasteiger partial charge on any atom is -0.387 e. The molecule has 1 aliphatic heterocycles. The Morgan fingerprint density at radius 1 is 1.27 bits per heavy atom. The summed E-state index contributed by atoms with van der Waals surface area (Å²) in [5.41, 5.74) is 0.928. The lowest BCUT2D eigenvalue weighted by atomic mass is 9.96. The molecule has 86 valence electrons. The van der Waals surface area contributed by atoms with Crippen LogP contribution < -0.4 is 0 Å². The Balaban J connectivity index is 2.00. The Bertz CT molecular complexity index is 229. The van der Waals surface area contributed by atoms with Crippen molar-refractivity contribution in [3.63, 3.8) is 0 Å². The monoisotopic (exact) mass is 209 g/mol. The summed E-state index contributed by atoms with van der Waals surface area (Å²) in [5.74, 6) is 0.731. The van der Waals surface area contributed by atoms with Crippen LogP contribution >= 0.6 is 0 Å². The molecule has 15 heavy (non-hydrogen) atoms. The highest BCUT2D eigenvalue weighted by Gasteiger charge is 2.40. The fourth-order valence-corrected chi connectivity index (χ4v) is 2.70. The summed E-state index contributed by atoms with van der Waals surface area (Å²) in [6.07, 6.45) is 6.24. The van der Waals surface area contributed by atoms with Crippen molar-refractivity contribution in [3.8, 4) is 0 Å². The summed E-state index contributed by atoms with van der Waals surface area (Å²) >= 11 is 0. The maximum Gasteiger partial charge on any atom is 0.0902 e. The number of likely N-dealkylation sites (tertiary alicyclic amines) is 1. The molecule has 2 unspecified atom stereocenters. The maximum atomic E-state index is 10.2. The summed E-state index contributed by atoms with van der Waals surface area (Å²) in [6, 6.07) is 0.364. The van der Waals surface area contributed by atoms with E-state index in [9.17, 15) is 5.11 Å². The molecule has 0 aromatic carbocycles. The molecule has 2 aliphatic rings. The van der Waals surface area contributed by atoms with Crippen molar-refractivity contribution < 1.29 is 5.11 Å². The first-order chi connectivity index (χ1) is 7.20. The quantitative estimate of drug-likeness (QED) is 0.717. The molecule has 0 aromatic heterocycles. The van der Waals surface area contributed by atoms with Gasteiger partial charge >= 0.3 is 0 Å². The minimum absolute atomic E-state index is 0.310. The Kier molecular flexibility index (Phi) is 3.47. The van der Waals surface area contributed by atoms with Crippen LogP contribution in [0.5, 0.6) is 0 Å². The normalized spacial score (nSPS) is 27.3. The molecule has 1 saturated carbocycles. The molecule has 0 amide bonds. The molecule has 2 nitrogen and oxygen atoms in total. The van der Waals surface area contributed by atoms with Crippen molar-refractivity contribution in [3.05, 3.63) is 12.2 Å². The predicted molar refractivity (Wildman–Crippen MR) is 62.8 cm³/mol. The molecule has 2 rings (SSSR count). The highest BCUT2D eigenvalue weighted by molar-refractivity contribution is 5.07. The predicted octanol–water partition coefficient (Wildman–Crippen LogP) is 2.19. The lowest BCUT2D eigenvalue weighted by Crippen LogP contribution is -2.47. The molecular formula is C13H23NO. The zero-order valence-electron chi connectivity index (χ0n) is 9.78. The van der Waals surface area contributed by atoms with Gasteiger partial charge in [0.1, 0.15) is 0 Å². The van der Waals surface area contributed by atoms with E-state index in [-0.39, 0.29) is 6.10 Å². The van der Waals surface area contributed by atoms with Gasteiger partial charge < -0.3 is 5.11 Å². The van der Waals surface area contributed by atoms with Gasteiger partial charge in [0.05, 0.1) is 6.10 Å². The van der Waals surface area contributed by atoms with Crippen LogP contribution in [0, 0.1) is 5.92 Å². The summed E-state index contributed by atoms with van der Waals surface area (Å²) in [5, 5.41) is 10.2. The third-order valence-corrected chi connectivity index (χ3v) is 3.75. The highest BCUT2D eigenvalue weighted by Crippen LogP contribution is 2.38. The van der Waals surface area contributed by atoms with E-state index in [1.54, 1.807) is 0 Å². The lowest BCUT2D eigenvalue weighted by molar-refractivity contribution is 0.0463. The highest BCUT2D eigenvalue weighted by atomic mass is 16.3. The van der Waals surface area contributed by atoms with Crippen LogP contribution in [-0.4, -0.2) is 35.2 Å². The first kappa shape index (κ1) is 11.2. The van der Waals surface area contributed by atoms with Crippen molar-refractivity contribution in [1.82, 2.24) is 4.90 Å². The smallest absolute Gasteiger partial charge is 0.0902 e. The lowest BCUT2D eigenvalue weighted by Gasteiger charge is -2.37. The number of aliphatic hydroxyl groups excluding tert-OH is 1. The molecule has 0 aromatic rings. The number of rotatable bonds is 4. The van der Waals surface area contributed by atoms with E-state index in [0.29, 0.717) is 6.04 Å². The van der Waals surface area contributed by atoms with Gasteiger partial charge in [0, 0.05) is 6.04 Å². The van der Waals surface area contributed by atoms with Crippen LogP contribution in [0.25, 0.3) is 0 Å². The summed E-state index contributed by atoms with van der Waals surface area (Å²) < 4.78 is 0. The number of nitrogens with zero attached hydrogens (tertiary/aromatic N) is 1. The van der Waals surface area contributed by atoms with Gasteiger partial charge in [-0.05, 0) is 51.6 Å². The van der Waals surface area contributed by atoms with Crippen LogP contribution in [0.15, 0.2) is 12.2 Å². The first-order valence-electron chi connectivity index (χ1n) is 6.27. The standard InChI is InChI=1S/C13H23NO/c1-10(2)13(15)12(11-6-7-11)14-8-4-3-5-9-14/h11-13,15H,1,3-9H2,2H3. The molecule has 1 heterocycles. The van der Waals surface area contributed by atoms with E-state index in [1.165, 1.54) is 45.2 Å². The van der Waals surface area contributed by atoms with E-state index >= 15 is 0 Å². The SMILES string of the molecule is C=C(C)C(O)C(C1CC1)N1CCCCC1. The summed E-state index contributed by atoms with van der Waals surface area (Å²) in [4.78, 5) is 2.50. The molecular weight excluding hydrogens is 186 g/mol. The van der Waals surface area contributed by atoms with E-state index < -0.39 is 0 Å².